The first-order valence-electron chi connectivity index (χ1n) is 11.6. The summed E-state index contributed by atoms with van der Waals surface area (Å²) in [6.07, 6.45) is 12.8. The Kier molecular flexibility index (Phi) is 6.73. The predicted octanol–water partition coefficient (Wildman–Crippen LogP) is 4.34. The molecule has 0 saturated carbocycles. The Labute approximate surface area is 191 Å². The number of aromatic nitrogens is 1. The Morgan fingerprint density at radius 3 is 2.56 bits per heavy atom. The molecule has 2 aliphatic rings. The second kappa shape index (κ2) is 9.68. The second-order valence-corrected chi connectivity index (χ2v) is 9.41. The number of piperidine rings is 1. The lowest BCUT2D eigenvalue weighted by Gasteiger charge is -2.42. The first kappa shape index (κ1) is 22.3. The van der Waals surface area contributed by atoms with Gasteiger partial charge in [-0.1, -0.05) is 42.5 Å². The van der Waals surface area contributed by atoms with E-state index in [0.717, 1.165) is 29.5 Å². The van der Waals surface area contributed by atoms with Gasteiger partial charge in [-0.2, -0.15) is 0 Å². The van der Waals surface area contributed by atoms with E-state index in [1.807, 2.05) is 43.4 Å². The van der Waals surface area contributed by atoms with Crippen LogP contribution in [0.25, 0.3) is 11.1 Å². The first-order chi connectivity index (χ1) is 15.5. The standard InChI is InChI=1S/C27H33N3O2/c1-29(2)26(32)27(13-16-30(17-14-27)25(31)18-21-8-3-4-9-21)19-22-10-5-6-12-24(22)23-11-7-15-28-20-23/h3,5-8,10-12,15,20-21H,4,9,13-14,16-19H2,1-2H3. The van der Waals surface area contributed by atoms with Gasteiger partial charge in [-0.3, -0.25) is 14.6 Å². The molecule has 1 fully saturated rings. The van der Waals surface area contributed by atoms with Crippen LogP contribution in [0.4, 0.5) is 0 Å². The molecular formula is C27H33N3O2. The summed E-state index contributed by atoms with van der Waals surface area (Å²) in [7, 11) is 3.67. The molecule has 1 aromatic heterocycles. The van der Waals surface area contributed by atoms with E-state index in [-0.39, 0.29) is 11.8 Å². The van der Waals surface area contributed by atoms with Crippen molar-refractivity contribution in [2.75, 3.05) is 27.2 Å². The van der Waals surface area contributed by atoms with E-state index in [1.165, 1.54) is 0 Å². The topological polar surface area (TPSA) is 53.5 Å². The molecule has 1 aromatic carbocycles. The summed E-state index contributed by atoms with van der Waals surface area (Å²) in [6.45, 7) is 1.29. The highest BCUT2D eigenvalue weighted by molar-refractivity contribution is 5.84. The maximum absolute atomic E-state index is 13.4. The van der Waals surface area contributed by atoms with Crippen LogP contribution in [0.3, 0.4) is 0 Å². The van der Waals surface area contributed by atoms with Crippen molar-refractivity contribution in [3.8, 4) is 11.1 Å². The van der Waals surface area contributed by atoms with Gasteiger partial charge in [0.05, 0.1) is 5.41 Å². The zero-order valence-electron chi connectivity index (χ0n) is 19.2. The maximum atomic E-state index is 13.4. The van der Waals surface area contributed by atoms with Crippen molar-refractivity contribution in [1.29, 1.82) is 0 Å². The van der Waals surface area contributed by atoms with Crippen LogP contribution < -0.4 is 0 Å². The number of carbonyl (C=O) groups is 2. The molecule has 0 radical (unpaired) electrons. The van der Waals surface area contributed by atoms with Gasteiger partial charge in [0.15, 0.2) is 0 Å². The Morgan fingerprint density at radius 1 is 1.12 bits per heavy atom. The minimum Gasteiger partial charge on any atom is -0.348 e. The lowest BCUT2D eigenvalue weighted by Crippen LogP contribution is -2.51. The fraction of sp³-hybridized carbons (Fsp3) is 0.444. The Bertz CT molecular complexity index is 975. The third-order valence-electron chi connectivity index (χ3n) is 7.00. The van der Waals surface area contributed by atoms with Crippen LogP contribution in [-0.2, 0) is 16.0 Å². The molecule has 5 heteroatoms. The van der Waals surface area contributed by atoms with Gasteiger partial charge in [-0.05, 0) is 55.2 Å². The van der Waals surface area contributed by atoms with Crippen LogP contribution in [0.15, 0.2) is 60.9 Å². The quantitative estimate of drug-likeness (QED) is 0.639. The molecule has 1 aliphatic heterocycles. The normalized spacial score (nSPS) is 19.7. The molecule has 0 bridgehead atoms. The molecule has 0 N–H and O–H groups in total. The van der Waals surface area contributed by atoms with Gasteiger partial charge in [0.2, 0.25) is 11.8 Å². The molecule has 32 heavy (non-hydrogen) atoms. The van der Waals surface area contributed by atoms with Crippen molar-refractivity contribution < 1.29 is 9.59 Å². The van der Waals surface area contributed by atoms with Crippen molar-refractivity contribution in [1.82, 2.24) is 14.8 Å². The molecule has 5 nitrogen and oxygen atoms in total. The lowest BCUT2D eigenvalue weighted by atomic mass is 9.71. The molecule has 168 valence electrons. The van der Waals surface area contributed by atoms with Gasteiger partial charge < -0.3 is 9.80 Å². The summed E-state index contributed by atoms with van der Waals surface area (Å²) >= 11 is 0. The highest BCUT2D eigenvalue weighted by atomic mass is 16.2. The molecule has 2 heterocycles. The minimum absolute atomic E-state index is 0.157. The van der Waals surface area contributed by atoms with Crippen LogP contribution in [0.5, 0.6) is 0 Å². The summed E-state index contributed by atoms with van der Waals surface area (Å²) < 4.78 is 0. The van der Waals surface area contributed by atoms with Crippen molar-refractivity contribution in [2.24, 2.45) is 11.3 Å². The van der Waals surface area contributed by atoms with E-state index in [2.05, 4.69) is 35.3 Å². The van der Waals surface area contributed by atoms with Crippen LogP contribution >= 0.6 is 0 Å². The van der Waals surface area contributed by atoms with E-state index in [0.29, 0.717) is 44.7 Å². The smallest absolute Gasteiger partial charge is 0.228 e. The molecule has 1 unspecified atom stereocenters. The molecule has 1 atom stereocenters. The van der Waals surface area contributed by atoms with Crippen molar-refractivity contribution in [2.45, 2.75) is 38.5 Å². The van der Waals surface area contributed by atoms with Gasteiger partial charge in [0.1, 0.15) is 0 Å². The van der Waals surface area contributed by atoms with E-state index in [9.17, 15) is 9.59 Å². The zero-order valence-corrected chi connectivity index (χ0v) is 19.2. The van der Waals surface area contributed by atoms with E-state index in [1.54, 1.807) is 11.1 Å². The van der Waals surface area contributed by atoms with Gasteiger partial charge in [-0.15, -0.1) is 0 Å². The number of allylic oxidation sites excluding steroid dienone is 2. The lowest BCUT2D eigenvalue weighted by molar-refractivity contribution is -0.146. The van der Waals surface area contributed by atoms with E-state index >= 15 is 0 Å². The predicted molar refractivity (Wildman–Crippen MR) is 127 cm³/mol. The summed E-state index contributed by atoms with van der Waals surface area (Å²) in [5.41, 5.74) is 2.85. The summed E-state index contributed by atoms with van der Waals surface area (Å²) in [5.74, 6) is 0.761. The van der Waals surface area contributed by atoms with E-state index in [4.69, 9.17) is 0 Å². The largest absolute Gasteiger partial charge is 0.348 e. The molecule has 2 aromatic rings. The third-order valence-corrected chi connectivity index (χ3v) is 7.00. The van der Waals surface area contributed by atoms with Crippen LogP contribution in [0.1, 0.15) is 37.7 Å². The van der Waals surface area contributed by atoms with Gasteiger partial charge >= 0.3 is 0 Å². The zero-order chi connectivity index (χ0) is 22.6. The maximum Gasteiger partial charge on any atom is 0.228 e. The highest BCUT2D eigenvalue weighted by Gasteiger charge is 2.43. The molecule has 1 saturated heterocycles. The van der Waals surface area contributed by atoms with Crippen LogP contribution in [-0.4, -0.2) is 53.8 Å². The number of pyridine rings is 1. The fourth-order valence-corrected chi connectivity index (χ4v) is 5.19. The first-order valence-corrected chi connectivity index (χ1v) is 11.6. The number of nitrogens with zero attached hydrogens (tertiary/aromatic N) is 3. The van der Waals surface area contributed by atoms with Crippen molar-refractivity contribution in [3.63, 3.8) is 0 Å². The second-order valence-electron chi connectivity index (χ2n) is 9.41. The monoisotopic (exact) mass is 431 g/mol. The molecule has 4 rings (SSSR count). The third kappa shape index (κ3) is 4.77. The Hall–Kier alpha value is -2.95. The van der Waals surface area contributed by atoms with Gasteiger partial charge in [0, 0.05) is 51.6 Å². The molecular weight excluding hydrogens is 398 g/mol. The van der Waals surface area contributed by atoms with Gasteiger partial charge in [-0.25, -0.2) is 0 Å². The van der Waals surface area contributed by atoms with Gasteiger partial charge in [0.25, 0.3) is 0 Å². The molecule has 0 spiro atoms. The number of hydrogen-bond acceptors (Lipinski definition) is 3. The fourth-order valence-electron chi connectivity index (χ4n) is 5.19. The Balaban J connectivity index is 1.54. The highest BCUT2D eigenvalue weighted by Crippen LogP contribution is 2.39. The summed E-state index contributed by atoms with van der Waals surface area (Å²) in [4.78, 5) is 34.2. The summed E-state index contributed by atoms with van der Waals surface area (Å²) in [5, 5.41) is 0. The van der Waals surface area contributed by atoms with Crippen molar-refractivity contribution >= 4 is 11.8 Å². The number of hydrogen-bond donors (Lipinski definition) is 0. The average Bonchev–Trinajstić information content (AvgIpc) is 3.33. The molecule has 2 amide bonds. The number of benzene rings is 1. The van der Waals surface area contributed by atoms with E-state index < -0.39 is 5.41 Å². The van der Waals surface area contributed by atoms with Crippen LogP contribution in [0.2, 0.25) is 0 Å². The number of rotatable bonds is 6. The van der Waals surface area contributed by atoms with Crippen LogP contribution in [0, 0.1) is 11.3 Å². The SMILES string of the molecule is CN(C)C(=O)C1(Cc2ccccc2-c2cccnc2)CCN(C(=O)CC2C=CCC2)CC1. The summed E-state index contributed by atoms with van der Waals surface area (Å²) in [6, 6.07) is 12.3. The average molecular weight is 432 g/mol. The van der Waals surface area contributed by atoms with Crippen molar-refractivity contribution in [3.05, 3.63) is 66.5 Å². The minimum atomic E-state index is -0.494. The number of likely N-dealkylation sites (tertiary alicyclic amines) is 1. The Morgan fingerprint density at radius 2 is 1.91 bits per heavy atom. The number of amides is 2. The number of carbonyl (C=O) groups excluding carboxylic acids is 2. The molecule has 1 aliphatic carbocycles.